The van der Waals surface area contributed by atoms with Crippen molar-refractivity contribution in [1.82, 2.24) is 15.0 Å². The van der Waals surface area contributed by atoms with E-state index in [0.29, 0.717) is 11.8 Å². The molecule has 2 fully saturated rings. The summed E-state index contributed by atoms with van der Waals surface area (Å²) in [6.07, 6.45) is 17.0. The third-order valence-corrected chi connectivity index (χ3v) is 13.6. The molecule has 0 amide bonds. The summed E-state index contributed by atoms with van der Waals surface area (Å²) < 4.78 is 0. The van der Waals surface area contributed by atoms with E-state index in [1.54, 1.807) is 11.1 Å². The average Bonchev–Trinajstić information content (AvgIpc) is 3.31. The maximum atomic E-state index is 5.52. The number of rotatable bonds is 8. The van der Waals surface area contributed by atoms with Gasteiger partial charge >= 0.3 is 0 Å². The second-order valence-corrected chi connectivity index (χ2v) is 20.3. The lowest BCUT2D eigenvalue weighted by Crippen LogP contribution is -2.16. The van der Waals surface area contributed by atoms with E-state index in [1.807, 2.05) is 18.5 Å². The zero-order valence-corrected chi connectivity index (χ0v) is 37.8. The highest BCUT2D eigenvalue weighted by Gasteiger charge is 2.23. The van der Waals surface area contributed by atoms with Crippen LogP contribution in [0.4, 0.5) is 0 Å². The van der Waals surface area contributed by atoms with Crippen molar-refractivity contribution in [3.63, 3.8) is 0 Å². The van der Waals surface area contributed by atoms with E-state index in [9.17, 15) is 0 Å². The van der Waals surface area contributed by atoms with E-state index >= 15 is 0 Å². The van der Waals surface area contributed by atoms with E-state index in [-0.39, 0.29) is 10.8 Å². The second-order valence-electron chi connectivity index (χ2n) is 20.3. The molecule has 2 saturated carbocycles. The Morgan fingerprint density at radius 1 is 0.371 bits per heavy atom. The number of hydrogen-bond acceptors (Lipinski definition) is 3. The van der Waals surface area contributed by atoms with Gasteiger partial charge in [0.2, 0.25) is 0 Å². The standard InChI is InChI=1S/C59H63N3/c1-58(2,3)53-35-51(36-54(39-53)59(4,5)6)43-22-14-25-46(30-43)56-38-52(44-23-15-26-47(31-44)57-60-27-16-28-61-57)37-55(62-56)45-24-13-21-42(29-45)50-33-48(40-17-9-7-10-18-40)32-49(34-50)41-19-11-8-12-20-41/h13-16,21-41H,7-12,17-20H2,1-6H3. The van der Waals surface area contributed by atoms with Crippen molar-refractivity contribution in [3.8, 4) is 67.3 Å². The zero-order chi connectivity index (χ0) is 42.8. The Kier molecular flexibility index (Phi) is 11.8. The highest BCUT2D eigenvalue weighted by Crippen LogP contribution is 2.42. The van der Waals surface area contributed by atoms with Crippen molar-refractivity contribution in [1.29, 1.82) is 0 Å². The van der Waals surface area contributed by atoms with Crippen molar-refractivity contribution < 1.29 is 0 Å². The molecule has 0 spiro atoms. The Bertz CT molecular complexity index is 2600. The number of aromatic nitrogens is 3. The van der Waals surface area contributed by atoms with Crippen LogP contribution in [-0.4, -0.2) is 15.0 Å². The lowest BCUT2D eigenvalue weighted by Gasteiger charge is -2.27. The third kappa shape index (κ3) is 9.38. The fourth-order valence-corrected chi connectivity index (χ4v) is 9.84. The lowest BCUT2D eigenvalue weighted by atomic mass is 9.78. The van der Waals surface area contributed by atoms with Crippen molar-refractivity contribution in [2.24, 2.45) is 0 Å². The van der Waals surface area contributed by atoms with Crippen molar-refractivity contribution in [3.05, 3.63) is 162 Å². The molecule has 2 aromatic heterocycles. The molecule has 0 radical (unpaired) electrons. The number of pyridine rings is 1. The summed E-state index contributed by atoms with van der Waals surface area (Å²) in [6, 6.07) is 48.0. The van der Waals surface area contributed by atoms with Crippen LogP contribution in [0.5, 0.6) is 0 Å². The average molecular weight is 814 g/mol. The first-order valence-electron chi connectivity index (χ1n) is 23.4. The molecule has 0 bridgehead atoms. The normalized spacial score (nSPS) is 15.5. The minimum Gasteiger partial charge on any atom is -0.248 e. The molecule has 0 N–H and O–H groups in total. The quantitative estimate of drug-likeness (QED) is 0.153. The Balaban J connectivity index is 1.17. The fourth-order valence-electron chi connectivity index (χ4n) is 9.84. The molecule has 2 heterocycles. The van der Waals surface area contributed by atoms with Gasteiger partial charge in [-0.25, -0.2) is 15.0 Å². The van der Waals surface area contributed by atoms with Crippen molar-refractivity contribution >= 4 is 0 Å². The largest absolute Gasteiger partial charge is 0.248 e. The number of nitrogens with zero attached hydrogens (tertiary/aromatic N) is 3. The highest BCUT2D eigenvalue weighted by atomic mass is 14.8. The number of hydrogen-bond donors (Lipinski definition) is 0. The highest BCUT2D eigenvalue weighted by molar-refractivity contribution is 5.82. The summed E-state index contributed by atoms with van der Waals surface area (Å²) >= 11 is 0. The summed E-state index contributed by atoms with van der Waals surface area (Å²) in [5.74, 6) is 2.05. The molecule has 0 aliphatic heterocycles. The Morgan fingerprint density at radius 3 is 1.24 bits per heavy atom. The zero-order valence-electron chi connectivity index (χ0n) is 37.8. The molecule has 5 aromatic carbocycles. The molecular weight excluding hydrogens is 751 g/mol. The van der Waals surface area contributed by atoms with E-state index in [1.165, 1.54) is 97.6 Å². The van der Waals surface area contributed by atoms with Gasteiger partial charge in [-0.05, 0) is 140 Å². The monoisotopic (exact) mass is 814 g/mol. The van der Waals surface area contributed by atoms with Gasteiger partial charge in [-0.15, -0.1) is 0 Å². The summed E-state index contributed by atoms with van der Waals surface area (Å²) in [7, 11) is 0. The summed E-state index contributed by atoms with van der Waals surface area (Å²) in [4.78, 5) is 14.7. The molecule has 0 saturated heterocycles. The van der Waals surface area contributed by atoms with E-state index < -0.39 is 0 Å². The smallest absolute Gasteiger partial charge is 0.159 e. The van der Waals surface area contributed by atoms with Crippen LogP contribution in [-0.2, 0) is 10.8 Å². The van der Waals surface area contributed by atoms with Gasteiger partial charge in [0, 0.05) is 29.1 Å². The van der Waals surface area contributed by atoms with Crippen LogP contribution >= 0.6 is 0 Å². The molecule has 2 aliphatic rings. The van der Waals surface area contributed by atoms with Crippen molar-refractivity contribution in [2.75, 3.05) is 0 Å². The molecule has 62 heavy (non-hydrogen) atoms. The van der Waals surface area contributed by atoms with Gasteiger partial charge in [0.1, 0.15) is 0 Å². The Labute approximate surface area is 371 Å². The van der Waals surface area contributed by atoms with Gasteiger partial charge in [0.05, 0.1) is 11.4 Å². The van der Waals surface area contributed by atoms with Gasteiger partial charge in [-0.2, -0.15) is 0 Å². The molecule has 3 nitrogen and oxygen atoms in total. The van der Waals surface area contributed by atoms with Crippen molar-refractivity contribution in [2.45, 2.75) is 128 Å². The van der Waals surface area contributed by atoms with E-state index in [4.69, 9.17) is 4.98 Å². The van der Waals surface area contributed by atoms with E-state index in [2.05, 4.69) is 173 Å². The van der Waals surface area contributed by atoms with Gasteiger partial charge in [0.25, 0.3) is 0 Å². The SMILES string of the molecule is CC(C)(C)c1cc(-c2cccc(-c3cc(-c4cccc(-c5ncccn5)c4)cc(-c4cccc(-c5cc(C6CCCCC6)cc(C6CCCCC6)c5)c4)n3)c2)cc(C(C)(C)C)c1. The van der Waals surface area contributed by atoms with Gasteiger partial charge in [-0.3, -0.25) is 0 Å². The van der Waals surface area contributed by atoms with Gasteiger partial charge in [-0.1, -0.05) is 171 Å². The van der Waals surface area contributed by atoms with Crippen LogP contribution in [0.15, 0.2) is 140 Å². The second kappa shape index (κ2) is 17.6. The van der Waals surface area contributed by atoms with Gasteiger partial charge < -0.3 is 0 Å². The van der Waals surface area contributed by atoms with Crippen LogP contribution in [0.25, 0.3) is 67.3 Å². The Morgan fingerprint density at radius 2 is 0.774 bits per heavy atom. The fraction of sp³-hybridized carbons (Fsp3) is 0.339. The van der Waals surface area contributed by atoms with Gasteiger partial charge in [0.15, 0.2) is 5.82 Å². The van der Waals surface area contributed by atoms with Crippen LogP contribution in [0.3, 0.4) is 0 Å². The first-order valence-corrected chi connectivity index (χ1v) is 23.4. The first kappa shape index (κ1) is 41.7. The molecular formula is C59H63N3. The number of benzene rings is 5. The molecule has 0 atom stereocenters. The molecule has 314 valence electrons. The maximum Gasteiger partial charge on any atom is 0.159 e. The van der Waals surface area contributed by atoms with Crippen LogP contribution < -0.4 is 0 Å². The lowest BCUT2D eigenvalue weighted by molar-refractivity contribution is 0.435. The summed E-state index contributed by atoms with van der Waals surface area (Å²) in [6.45, 7) is 13.9. The molecule has 2 aliphatic carbocycles. The minimum atomic E-state index is 0.0287. The third-order valence-electron chi connectivity index (χ3n) is 13.6. The van der Waals surface area contributed by atoms with E-state index in [0.717, 1.165) is 45.0 Å². The topological polar surface area (TPSA) is 38.7 Å². The first-order chi connectivity index (χ1) is 29.9. The van der Waals surface area contributed by atoms with Crippen LogP contribution in [0.1, 0.15) is 140 Å². The molecule has 9 rings (SSSR count). The predicted octanol–water partition coefficient (Wildman–Crippen LogP) is 16.6. The summed E-state index contributed by atoms with van der Waals surface area (Å²) in [5.41, 5.74) is 18.3. The molecule has 7 aromatic rings. The van der Waals surface area contributed by atoms with Crippen LogP contribution in [0.2, 0.25) is 0 Å². The predicted molar refractivity (Wildman–Crippen MR) is 261 cm³/mol. The maximum absolute atomic E-state index is 5.52. The summed E-state index contributed by atoms with van der Waals surface area (Å²) in [5, 5.41) is 0. The molecule has 3 heteroatoms. The molecule has 0 unspecified atom stereocenters. The van der Waals surface area contributed by atoms with Crippen LogP contribution in [0, 0.1) is 0 Å². The minimum absolute atomic E-state index is 0.0287. The Hall–Kier alpha value is -5.67.